The molecule has 0 amide bonds. The second-order valence-corrected chi connectivity index (χ2v) is 4.97. The molecule has 1 aliphatic carbocycles. The Morgan fingerprint density at radius 2 is 2.16 bits per heavy atom. The quantitative estimate of drug-likeness (QED) is 0.616. The molecule has 0 N–H and O–H groups in total. The first-order chi connectivity index (χ1) is 9.11. The van der Waals surface area contributed by atoms with Crippen molar-refractivity contribution in [3.63, 3.8) is 0 Å². The maximum Gasteiger partial charge on any atom is 0.271 e. The lowest BCUT2D eigenvalue weighted by molar-refractivity contribution is -0.384. The average Bonchev–Trinajstić information content (AvgIpc) is 2.41. The largest absolute Gasteiger partial charge is 0.489 e. The first-order valence-electron chi connectivity index (χ1n) is 6.47. The van der Waals surface area contributed by atoms with Crippen LogP contribution in [0.2, 0.25) is 0 Å². The van der Waals surface area contributed by atoms with Gasteiger partial charge in [-0.3, -0.25) is 10.1 Å². The van der Waals surface area contributed by atoms with Crippen molar-refractivity contribution >= 4 is 5.69 Å². The zero-order valence-corrected chi connectivity index (χ0v) is 10.8. The Bertz CT molecular complexity index is 522. The predicted molar refractivity (Wildman–Crippen MR) is 69.9 cm³/mol. The molecule has 5 nitrogen and oxygen atoms in total. The molecule has 1 saturated carbocycles. The standard InChI is InChI=1S/C14H16N2O3/c1-10-4-2-3-5-13(10)19-14-7-6-12(16(17)18)8-11(14)9-15/h6-8,10,13H,2-5H2,1H3. The number of nitrogens with zero attached hydrogens (tertiary/aromatic N) is 2. The van der Waals surface area contributed by atoms with Crippen LogP contribution in [0.3, 0.4) is 0 Å². The molecular weight excluding hydrogens is 244 g/mol. The summed E-state index contributed by atoms with van der Waals surface area (Å²) in [7, 11) is 0. The lowest BCUT2D eigenvalue weighted by Gasteiger charge is -2.29. The number of non-ortho nitro benzene ring substituents is 1. The fourth-order valence-corrected chi connectivity index (χ4v) is 2.44. The van der Waals surface area contributed by atoms with E-state index >= 15 is 0 Å². The summed E-state index contributed by atoms with van der Waals surface area (Å²) in [6, 6.07) is 6.14. The molecule has 1 aromatic rings. The molecule has 100 valence electrons. The van der Waals surface area contributed by atoms with Gasteiger partial charge in [-0.2, -0.15) is 5.26 Å². The Labute approximate surface area is 112 Å². The van der Waals surface area contributed by atoms with E-state index in [4.69, 9.17) is 10.00 Å². The van der Waals surface area contributed by atoms with Crippen molar-refractivity contribution in [3.8, 4) is 11.8 Å². The summed E-state index contributed by atoms with van der Waals surface area (Å²) in [6.45, 7) is 2.14. The zero-order valence-electron chi connectivity index (χ0n) is 10.8. The molecule has 0 saturated heterocycles. The number of ether oxygens (including phenoxy) is 1. The van der Waals surface area contributed by atoms with Crippen molar-refractivity contribution in [1.29, 1.82) is 5.26 Å². The molecule has 19 heavy (non-hydrogen) atoms. The minimum absolute atomic E-state index is 0.0828. The summed E-state index contributed by atoms with van der Waals surface area (Å²) in [5.41, 5.74) is 0.146. The van der Waals surface area contributed by atoms with Crippen molar-refractivity contribution in [1.82, 2.24) is 0 Å². The fourth-order valence-electron chi connectivity index (χ4n) is 2.44. The van der Waals surface area contributed by atoms with E-state index in [1.165, 1.54) is 24.6 Å². The smallest absolute Gasteiger partial charge is 0.271 e. The lowest BCUT2D eigenvalue weighted by atomic mass is 9.88. The van der Waals surface area contributed by atoms with E-state index in [1.807, 2.05) is 6.07 Å². The Balaban J connectivity index is 2.20. The molecule has 2 atom stereocenters. The Hall–Kier alpha value is -2.09. The topological polar surface area (TPSA) is 76.2 Å². The summed E-state index contributed by atoms with van der Waals surface area (Å²) in [6.07, 6.45) is 4.54. The second kappa shape index (κ2) is 5.70. The lowest BCUT2D eigenvalue weighted by Crippen LogP contribution is -2.28. The molecule has 1 fully saturated rings. The molecular formula is C14H16N2O3. The SMILES string of the molecule is CC1CCCCC1Oc1ccc([N+](=O)[O-])cc1C#N. The molecule has 5 heteroatoms. The molecule has 2 rings (SSSR count). The van der Waals surface area contributed by atoms with Gasteiger partial charge in [-0.15, -0.1) is 0 Å². The summed E-state index contributed by atoms with van der Waals surface area (Å²) >= 11 is 0. The average molecular weight is 260 g/mol. The number of nitriles is 1. The summed E-state index contributed by atoms with van der Waals surface area (Å²) < 4.78 is 5.88. The highest BCUT2D eigenvalue weighted by atomic mass is 16.6. The number of benzene rings is 1. The molecule has 0 aliphatic heterocycles. The van der Waals surface area contributed by atoms with Crippen LogP contribution in [-0.4, -0.2) is 11.0 Å². The van der Waals surface area contributed by atoms with Gasteiger partial charge in [-0.05, 0) is 31.2 Å². The van der Waals surface area contributed by atoms with Gasteiger partial charge in [-0.1, -0.05) is 13.3 Å². The van der Waals surface area contributed by atoms with Crippen LogP contribution in [0.15, 0.2) is 18.2 Å². The summed E-state index contributed by atoms with van der Waals surface area (Å²) in [4.78, 5) is 10.2. The number of hydrogen-bond acceptors (Lipinski definition) is 4. The third-order valence-electron chi connectivity index (χ3n) is 3.61. The van der Waals surface area contributed by atoms with E-state index in [1.54, 1.807) is 0 Å². The van der Waals surface area contributed by atoms with Crippen molar-refractivity contribution in [2.45, 2.75) is 38.7 Å². The Morgan fingerprint density at radius 1 is 1.42 bits per heavy atom. The van der Waals surface area contributed by atoms with Gasteiger partial charge in [0.15, 0.2) is 0 Å². The van der Waals surface area contributed by atoms with Crippen LogP contribution < -0.4 is 4.74 Å². The fraction of sp³-hybridized carbons (Fsp3) is 0.500. The third kappa shape index (κ3) is 3.02. The van der Waals surface area contributed by atoms with Crippen molar-refractivity contribution < 1.29 is 9.66 Å². The molecule has 1 aliphatic rings. The van der Waals surface area contributed by atoms with Gasteiger partial charge >= 0.3 is 0 Å². The van der Waals surface area contributed by atoms with Gasteiger partial charge in [-0.25, -0.2) is 0 Å². The Kier molecular flexibility index (Phi) is 4.00. The van der Waals surface area contributed by atoms with Crippen LogP contribution in [0, 0.1) is 27.4 Å². The minimum atomic E-state index is -0.506. The molecule has 0 aromatic heterocycles. The van der Waals surface area contributed by atoms with Crippen molar-refractivity contribution in [2.75, 3.05) is 0 Å². The Morgan fingerprint density at radius 3 is 2.79 bits per heavy atom. The molecule has 1 aromatic carbocycles. The van der Waals surface area contributed by atoms with Gasteiger partial charge in [0.25, 0.3) is 5.69 Å². The van der Waals surface area contributed by atoms with Gasteiger partial charge in [0.05, 0.1) is 4.92 Å². The number of nitro groups is 1. The van der Waals surface area contributed by atoms with Gasteiger partial charge in [0.1, 0.15) is 23.5 Å². The highest BCUT2D eigenvalue weighted by molar-refractivity contribution is 5.50. The maximum atomic E-state index is 10.7. The highest BCUT2D eigenvalue weighted by Crippen LogP contribution is 2.31. The van der Waals surface area contributed by atoms with E-state index in [-0.39, 0.29) is 17.4 Å². The van der Waals surface area contributed by atoms with Crippen molar-refractivity contribution in [2.24, 2.45) is 5.92 Å². The molecule has 0 spiro atoms. The van der Waals surface area contributed by atoms with Crippen molar-refractivity contribution in [3.05, 3.63) is 33.9 Å². The number of hydrogen-bond donors (Lipinski definition) is 0. The van der Waals surface area contributed by atoms with Crippen LogP contribution in [0.4, 0.5) is 5.69 Å². The minimum Gasteiger partial charge on any atom is -0.489 e. The number of nitro benzene ring substituents is 1. The second-order valence-electron chi connectivity index (χ2n) is 4.97. The van der Waals surface area contributed by atoms with E-state index in [0.717, 1.165) is 19.3 Å². The van der Waals surface area contributed by atoms with Gasteiger partial charge in [0, 0.05) is 12.1 Å². The van der Waals surface area contributed by atoms with E-state index < -0.39 is 4.92 Å². The van der Waals surface area contributed by atoms with Crippen LogP contribution >= 0.6 is 0 Å². The van der Waals surface area contributed by atoms with Gasteiger partial charge < -0.3 is 4.74 Å². The van der Waals surface area contributed by atoms with Crippen LogP contribution in [0.5, 0.6) is 5.75 Å². The van der Waals surface area contributed by atoms with E-state index in [9.17, 15) is 10.1 Å². The number of rotatable bonds is 3. The maximum absolute atomic E-state index is 10.7. The summed E-state index contributed by atoms with van der Waals surface area (Å²) in [5, 5.41) is 19.7. The molecule has 2 unspecified atom stereocenters. The predicted octanol–water partition coefficient (Wildman–Crippen LogP) is 3.42. The molecule has 0 heterocycles. The summed E-state index contributed by atoms with van der Waals surface area (Å²) in [5.74, 6) is 0.905. The highest BCUT2D eigenvalue weighted by Gasteiger charge is 2.24. The van der Waals surface area contributed by atoms with Crippen LogP contribution in [-0.2, 0) is 0 Å². The van der Waals surface area contributed by atoms with E-state index in [2.05, 4.69) is 6.92 Å². The first kappa shape index (κ1) is 13.3. The zero-order chi connectivity index (χ0) is 13.8. The third-order valence-corrected chi connectivity index (χ3v) is 3.61. The first-order valence-corrected chi connectivity index (χ1v) is 6.47. The van der Waals surface area contributed by atoms with Gasteiger partial charge in [0.2, 0.25) is 0 Å². The normalized spacial score (nSPS) is 22.5. The van der Waals surface area contributed by atoms with E-state index in [0.29, 0.717) is 11.7 Å². The van der Waals surface area contributed by atoms with Crippen LogP contribution in [0.25, 0.3) is 0 Å². The van der Waals surface area contributed by atoms with Crippen LogP contribution in [0.1, 0.15) is 38.2 Å². The monoisotopic (exact) mass is 260 g/mol. The molecule has 0 radical (unpaired) electrons. The molecule has 0 bridgehead atoms.